The second kappa shape index (κ2) is 19.7. The molecule has 1 N–H and O–H groups in total. The normalized spacial score (nSPS) is 15.9. The molecule has 0 rings (SSSR count). The minimum absolute atomic E-state index is 0.200. The molecule has 35 heavy (non-hydrogen) atoms. The number of allylic oxidation sites excluding steroid dienone is 11. The van der Waals surface area contributed by atoms with Gasteiger partial charge in [0.25, 0.3) is 0 Å². The zero-order valence-corrected chi connectivity index (χ0v) is 24.8. The summed E-state index contributed by atoms with van der Waals surface area (Å²) in [6.07, 6.45) is 24.8. The second-order valence-corrected chi connectivity index (χ2v) is 12.2. The van der Waals surface area contributed by atoms with Gasteiger partial charge in [-0.05, 0) is 113 Å². The van der Waals surface area contributed by atoms with Crippen molar-refractivity contribution in [3.8, 4) is 0 Å². The van der Waals surface area contributed by atoms with Gasteiger partial charge >= 0.3 is 7.60 Å². The van der Waals surface area contributed by atoms with Gasteiger partial charge in [0.1, 0.15) is 0 Å². The van der Waals surface area contributed by atoms with E-state index in [0.29, 0.717) is 0 Å². The molecular formula is C31H53O3P. The first kappa shape index (κ1) is 33.6. The maximum Gasteiger partial charge on any atom is 0.325 e. The Balaban J connectivity index is 4.14. The van der Waals surface area contributed by atoms with Crippen LogP contribution >= 0.6 is 7.60 Å². The van der Waals surface area contributed by atoms with Crippen molar-refractivity contribution in [3.05, 3.63) is 69.9 Å². The van der Waals surface area contributed by atoms with Crippen molar-refractivity contribution in [2.75, 3.05) is 13.3 Å². The van der Waals surface area contributed by atoms with Gasteiger partial charge in [0.15, 0.2) is 0 Å². The van der Waals surface area contributed by atoms with Crippen molar-refractivity contribution < 1.29 is 14.0 Å². The highest BCUT2D eigenvalue weighted by molar-refractivity contribution is 7.51. The Hall–Kier alpha value is -1.41. The van der Waals surface area contributed by atoms with Gasteiger partial charge in [-0.15, -0.1) is 0 Å². The summed E-state index contributed by atoms with van der Waals surface area (Å²) in [5, 5.41) is 0. The molecule has 0 bridgehead atoms. The van der Waals surface area contributed by atoms with Gasteiger partial charge < -0.3 is 9.42 Å². The molecular weight excluding hydrogens is 451 g/mol. The van der Waals surface area contributed by atoms with Crippen LogP contribution < -0.4 is 0 Å². The highest BCUT2D eigenvalue weighted by Gasteiger charge is 2.07. The van der Waals surface area contributed by atoms with E-state index in [1.165, 1.54) is 46.5 Å². The maximum atomic E-state index is 11.1. The molecule has 1 atom stereocenters. The molecule has 0 fully saturated rings. The first-order valence-corrected chi connectivity index (χ1v) is 15.3. The van der Waals surface area contributed by atoms with Crippen molar-refractivity contribution in [2.24, 2.45) is 0 Å². The molecule has 4 heteroatoms. The molecule has 0 aromatic heterocycles. The lowest BCUT2D eigenvalue weighted by molar-refractivity contribution is 0.292. The van der Waals surface area contributed by atoms with E-state index >= 15 is 0 Å². The average Bonchev–Trinajstić information content (AvgIpc) is 2.72. The fourth-order valence-corrected chi connectivity index (χ4v) is 3.95. The van der Waals surface area contributed by atoms with E-state index in [4.69, 9.17) is 9.42 Å². The van der Waals surface area contributed by atoms with E-state index in [2.05, 4.69) is 71.9 Å². The Morgan fingerprint density at radius 1 is 0.571 bits per heavy atom. The number of rotatable bonds is 18. The van der Waals surface area contributed by atoms with Crippen molar-refractivity contribution in [1.82, 2.24) is 0 Å². The molecule has 200 valence electrons. The first-order valence-electron chi connectivity index (χ1n) is 13.3. The van der Waals surface area contributed by atoms with Gasteiger partial charge in [-0.2, -0.15) is 0 Å². The molecule has 0 aliphatic rings. The van der Waals surface area contributed by atoms with Crippen molar-refractivity contribution >= 4 is 7.60 Å². The predicted molar refractivity (Wildman–Crippen MR) is 156 cm³/mol. The second-order valence-electron chi connectivity index (χ2n) is 10.3. The smallest absolute Gasteiger partial charge is 0.324 e. The molecule has 0 saturated heterocycles. The van der Waals surface area contributed by atoms with Gasteiger partial charge in [0.05, 0.1) is 6.61 Å². The van der Waals surface area contributed by atoms with E-state index in [0.717, 1.165) is 57.8 Å². The highest BCUT2D eigenvalue weighted by Crippen LogP contribution is 2.36. The topological polar surface area (TPSA) is 46.5 Å². The van der Waals surface area contributed by atoms with Gasteiger partial charge in [-0.1, -0.05) is 69.9 Å². The predicted octanol–water partition coefficient (Wildman–Crippen LogP) is 10.4. The largest absolute Gasteiger partial charge is 0.325 e. The Morgan fingerprint density at radius 3 is 1.14 bits per heavy atom. The summed E-state index contributed by atoms with van der Waals surface area (Å²) < 4.78 is 16.0. The first-order chi connectivity index (χ1) is 16.4. The van der Waals surface area contributed by atoms with Crippen LogP contribution in [0.2, 0.25) is 0 Å². The molecule has 0 aromatic rings. The van der Waals surface area contributed by atoms with E-state index in [-0.39, 0.29) is 6.61 Å². The summed E-state index contributed by atoms with van der Waals surface area (Å²) in [4.78, 5) is 9.14. The maximum absolute atomic E-state index is 11.1. The molecule has 1 unspecified atom stereocenters. The number of hydrogen-bond acceptors (Lipinski definition) is 2. The summed E-state index contributed by atoms with van der Waals surface area (Å²) in [5.41, 5.74) is 8.50. The average molecular weight is 505 g/mol. The molecule has 0 aliphatic heterocycles. The van der Waals surface area contributed by atoms with Crippen LogP contribution in [0.4, 0.5) is 0 Å². The van der Waals surface area contributed by atoms with E-state index < -0.39 is 7.60 Å². The molecule has 0 amide bonds. The van der Waals surface area contributed by atoms with Gasteiger partial charge in [0.2, 0.25) is 0 Å². The minimum Gasteiger partial charge on any atom is -0.324 e. The van der Waals surface area contributed by atoms with Crippen molar-refractivity contribution in [3.63, 3.8) is 0 Å². The van der Waals surface area contributed by atoms with Crippen molar-refractivity contribution in [1.29, 1.82) is 0 Å². The number of hydrogen-bond donors (Lipinski definition) is 1. The Bertz CT molecular complexity index is 827. The summed E-state index contributed by atoms with van der Waals surface area (Å²) >= 11 is 0. The van der Waals surface area contributed by atoms with Crippen molar-refractivity contribution in [2.45, 2.75) is 113 Å². The fourth-order valence-electron chi connectivity index (χ4n) is 3.60. The monoisotopic (exact) mass is 504 g/mol. The standard InChI is InChI=1S/C31H53O3P/c1-26(2)14-9-15-27(3)16-10-17-28(4)18-11-19-29(5)20-12-21-30(6)22-13-23-31(7)24-25-34-35(8,32)33/h14,16,18,20,22,24H,9-13,15,17,19,21,23,25H2,1-8H3,(H,32,33)/b27-16+,28-18+,29-20+,30-22+,31-24+. The van der Waals surface area contributed by atoms with Crippen LogP contribution in [0.15, 0.2) is 69.9 Å². The molecule has 0 heterocycles. The summed E-state index contributed by atoms with van der Waals surface area (Å²) in [5.74, 6) is 0. The zero-order chi connectivity index (χ0) is 26.7. The Morgan fingerprint density at radius 2 is 0.857 bits per heavy atom. The van der Waals surface area contributed by atoms with Crippen LogP contribution in [-0.2, 0) is 9.09 Å². The molecule has 3 nitrogen and oxygen atoms in total. The van der Waals surface area contributed by atoms with E-state index in [1.54, 1.807) is 0 Å². The van der Waals surface area contributed by atoms with E-state index in [9.17, 15) is 4.57 Å². The lowest BCUT2D eigenvalue weighted by Gasteiger charge is -2.05. The minimum atomic E-state index is -3.38. The third-order valence-corrected chi connectivity index (χ3v) is 6.59. The SMILES string of the molecule is CC(C)=CCC/C(C)=C/CC/C(C)=C/CC/C(C)=C/CC/C(C)=C/CC/C(C)=C/COP(C)(=O)O. The molecule has 0 radical (unpaired) electrons. The summed E-state index contributed by atoms with van der Waals surface area (Å²) in [7, 11) is -3.38. The summed E-state index contributed by atoms with van der Waals surface area (Å²) in [6.45, 7) is 16.7. The Labute approximate surface area is 217 Å². The van der Waals surface area contributed by atoms with Gasteiger partial charge in [0, 0.05) is 6.66 Å². The quantitative estimate of drug-likeness (QED) is 0.149. The van der Waals surface area contributed by atoms with Crippen LogP contribution in [0, 0.1) is 0 Å². The van der Waals surface area contributed by atoms with Crippen LogP contribution in [0.5, 0.6) is 0 Å². The third-order valence-electron chi connectivity index (χ3n) is 5.96. The molecule has 0 saturated carbocycles. The highest BCUT2D eigenvalue weighted by atomic mass is 31.2. The lowest BCUT2D eigenvalue weighted by Crippen LogP contribution is -1.89. The zero-order valence-electron chi connectivity index (χ0n) is 24.0. The molecule has 0 aliphatic carbocycles. The lowest BCUT2D eigenvalue weighted by atomic mass is 10.0. The van der Waals surface area contributed by atoms with Crippen LogP contribution in [0.1, 0.15) is 113 Å². The van der Waals surface area contributed by atoms with E-state index in [1.807, 2.05) is 13.0 Å². The summed E-state index contributed by atoms with van der Waals surface area (Å²) in [6, 6.07) is 0. The molecule has 0 spiro atoms. The van der Waals surface area contributed by atoms with Crippen LogP contribution in [-0.4, -0.2) is 18.2 Å². The van der Waals surface area contributed by atoms with Gasteiger partial charge in [-0.25, -0.2) is 0 Å². The Kier molecular flexibility index (Phi) is 18.9. The third kappa shape index (κ3) is 24.1. The van der Waals surface area contributed by atoms with Crippen LogP contribution in [0.3, 0.4) is 0 Å². The van der Waals surface area contributed by atoms with Gasteiger partial charge in [-0.3, -0.25) is 4.57 Å². The van der Waals surface area contributed by atoms with Crippen LogP contribution in [0.25, 0.3) is 0 Å². The molecule has 0 aromatic carbocycles. The fraction of sp³-hybridized carbons (Fsp3) is 0.613.